The molecule has 0 atom stereocenters. The number of carbonyl (C=O) groups excluding carboxylic acids is 2. The summed E-state index contributed by atoms with van der Waals surface area (Å²) in [7, 11) is 0. The van der Waals surface area contributed by atoms with Gasteiger partial charge in [0.1, 0.15) is 11.3 Å². The molecular weight excluding hydrogens is 224 g/mol. The topological polar surface area (TPSA) is 61.8 Å². The average molecular weight is 237 g/mol. The summed E-state index contributed by atoms with van der Waals surface area (Å²) in [5.41, 5.74) is 0.176. The Hall–Kier alpha value is -2.04. The second-order valence-electron chi connectivity index (χ2n) is 2.92. The van der Waals surface area contributed by atoms with E-state index in [-0.39, 0.29) is 24.5 Å². The van der Waals surface area contributed by atoms with Gasteiger partial charge in [0.05, 0.1) is 13.2 Å². The van der Waals surface area contributed by atoms with Gasteiger partial charge in [0, 0.05) is 0 Å². The molecule has 5 nitrogen and oxygen atoms in total. The van der Waals surface area contributed by atoms with Crippen LogP contribution in [0.25, 0.3) is 0 Å². The van der Waals surface area contributed by atoms with Crippen LogP contribution in [0.3, 0.4) is 0 Å². The normalized spacial score (nSPS) is 9.53. The molecule has 0 aromatic heterocycles. The molecule has 0 aliphatic heterocycles. The third kappa shape index (κ3) is 3.79. The maximum atomic E-state index is 11.5. The van der Waals surface area contributed by atoms with Gasteiger partial charge in [-0.05, 0) is 26.0 Å². The van der Waals surface area contributed by atoms with E-state index in [2.05, 4.69) is 11.7 Å². The van der Waals surface area contributed by atoms with Crippen LogP contribution in [-0.4, -0.2) is 25.3 Å². The fraction of sp³-hybridized carbons (Fsp3) is 0.250. The Labute approximate surface area is 99.3 Å². The van der Waals surface area contributed by atoms with Crippen LogP contribution in [-0.2, 0) is 9.47 Å². The first-order valence-corrected chi connectivity index (χ1v) is 5.09. The van der Waals surface area contributed by atoms with Crippen molar-refractivity contribution in [2.75, 3.05) is 13.2 Å². The average Bonchev–Trinajstić information content (AvgIpc) is 2.30. The minimum atomic E-state index is -0.906. The summed E-state index contributed by atoms with van der Waals surface area (Å²) in [5, 5.41) is 0. The van der Waals surface area contributed by atoms with E-state index in [0.29, 0.717) is 0 Å². The molecule has 1 aromatic rings. The molecule has 17 heavy (non-hydrogen) atoms. The number of benzene rings is 1. The Balaban J connectivity index is 2.84. The Morgan fingerprint density at radius 1 is 1.24 bits per heavy atom. The molecule has 0 aliphatic rings. The van der Waals surface area contributed by atoms with E-state index < -0.39 is 12.1 Å². The first-order chi connectivity index (χ1) is 8.19. The van der Waals surface area contributed by atoms with Gasteiger partial charge in [0.25, 0.3) is 0 Å². The molecule has 0 saturated carbocycles. The highest BCUT2D eigenvalue weighted by atomic mass is 16.7. The van der Waals surface area contributed by atoms with E-state index in [4.69, 9.17) is 9.47 Å². The molecule has 0 bridgehead atoms. The maximum absolute atomic E-state index is 11.5. The van der Waals surface area contributed by atoms with Gasteiger partial charge in [0.2, 0.25) is 0 Å². The van der Waals surface area contributed by atoms with Crippen molar-refractivity contribution >= 4 is 12.1 Å². The lowest BCUT2D eigenvalue weighted by Crippen LogP contribution is -2.13. The first kappa shape index (κ1) is 13.0. The Bertz CT molecular complexity index is 400. The van der Waals surface area contributed by atoms with Crippen LogP contribution in [0.2, 0.25) is 0 Å². The molecule has 0 fully saturated rings. The van der Waals surface area contributed by atoms with Crippen LogP contribution in [0.4, 0.5) is 4.79 Å². The van der Waals surface area contributed by atoms with Crippen LogP contribution in [0, 0.1) is 6.92 Å². The predicted octanol–water partition coefficient (Wildman–Crippen LogP) is 2.21. The molecule has 0 aliphatic carbocycles. The van der Waals surface area contributed by atoms with Crippen LogP contribution in [0.5, 0.6) is 5.75 Å². The minimum absolute atomic E-state index is 0.0413. The molecule has 5 heteroatoms. The van der Waals surface area contributed by atoms with E-state index in [1.54, 1.807) is 19.1 Å². The third-order valence-corrected chi connectivity index (χ3v) is 1.80. The monoisotopic (exact) mass is 237 g/mol. The number of hydrogen-bond donors (Lipinski definition) is 0. The third-order valence-electron chi connectivity index (χ3n) is 1.80. The van der Waals surface area contributed by atoms with Crippen LogP contribution < -0.4 is 4.74 Å². The van der Waals surface area contributed by atoms with Gasteiger partial charge in [-0.25, -0.2) is 9.59 Å². The van der Waals surface area contributed by atoms with Gasteiger partial charge in [-0.3, -0.25) is 0 Å². The number of ether oxygens (including phenoxy) is 3. The molecule has 0 heterocycles. The molecule has 1 radical (unpaired) electrons. The Morgan fingerprint density at radius 3 is 2.59 bits per heavy atom. The van der Waals surface area contributed by atoms with Gasteiger partial charge in [-0.2, -0.15) is 0 Å². The predicted molar refractivity (Wildman–Crippen MR) is 59.7 cm³/mol. The number of para-hydroxylation sites is 1. The fourth-order valence-corrected chi connectivity index (χ4v) is 1.14. The Kier molecular flexibility index (Phi) is 5.00. The fourth-order valence-electron chi connectivity index (χ4n) is 1.14. The second kappa shape index (κ2) is 6.52. The van der Waals surface area contributed by atoms with E-state index in [1.165, 1.54) is 12.1 Å². The van der Waals surface area contributed by atoms with Crippen molar-refractivity contribution < 1.29 is 23.8 Å². The van der Waals surface area contributed by atoms with Gasteiger partial charge in [-0.1, -0.05) is 12.1 Å². The highest BCUT2D eigenvalue weighted by Crippen LogP contribution is 2.19. The summed E-state index contributed by atoms with van der Waals surface area (Å²) in [4.78, 5) is 22.6. The van der Waals surface area contributed by atoms with Crippen molar-refractivity contribution in [1.82, 2.24) is 0 Å². The molecule has 1 aromatic carbocycles. The summed E-state index contributed by atoms with van der Waals surface area (Å²) in [6.07, 6.45) is -0.906. The van der Waals surface area contributed by atoms with Gasteiger partial charge in [-0.15, -0.1) is 0 Å². The zero-order valence-corrected chi connectivity index (χ0v) is 9.47. The minimum Gasteiger partial charge on any atom is -0.462 e. The highest BCUT2D eigenvalue weighted by molar-refractivity contribution is 5.93. The quantitative estimate of drug-likeness (QED) is 0.593. The largest absolute Gasteiger partial charge is 0.513 e. The number of hydrogen-bond acceptors (Lipinski definition) is 5. The maximum Gasteiger partial charge on any atom is 0.513 e. The zero-order valence-electron chi connectivity index (χ0n) is 9.47. The van der Waals surface area contributed by atoms with E-state index in [9.17, 15) is 9.59 Å². The van der Waals surface area contributed by atoms with Crippen molar-refractivity contribution in [3.63, 3.8) is 0 Å². The summed E-state index contributed by atoms with van der Waals surface area (Å²) in [6.45, 7) is 5.24. The van der Waals surface area contributed by atoms with Gasteiger partial charge < -0.3 is 14.2 Å². The van der Waals surface area contributed by atoms with Gasteiger partial charge in [0.15, 0.2) is 0 Å². The second-order valence-corrected chi connectivity index (χ2v) is 2.92. The van der Waals surface area contributed by atoms with Gasteiger partial charge >= 0.3 is 12.1 Å². The first-order valence-electron chi connectivity index (χ1n) is 5.09. The van der Waals surface area contributed by atoms with E-state index >= 15 is 0 Å². The molecule has 0 unspecified atom stereocenters. The lowest BCUT2D eigenvalue weighted by molar-refractivity contribution is 0.0521. The van der Waals surface area contributed by atoms with Crippen molar-refractivity contribution in [2.45, 2.75) is 6.92 Å². The zero-order chi connectivity index (χ0) is 12.7. The van der Waals surface area contributed by atoms with Crippen molar-refractivity contribution in [2.24, 2.45) is 0 Å². The summed E-state index contributed by atoms with van der Waals surface area (Å²) in [6, 6.07) is 6.27. The van der Waals surface area contributed by atoms with Crippen molar-refractivity contribution in [1.29, 1.82) is 0 Å². The summed E-state index contributed by atoms with van der Waals surface area (Å²) < 4.78 is 14.2. The summed E-state index contributed by atoms with van der Waals surface area (Å²) >= 11 is 0. The lowest BCUT2D eigenvalue weighted by Gasteiger charge is -2.08. The van der Waals surface area contributed by atoms with Crippen LogP contribution in [0.1, 0.15) is 17.3 Å². The molecule has 0 saturated heterocycles. The summed E-state index contributed by atoms with van der Waals surface area (Å²) in [5.74, 6) is -0.449. The Morgan fingerprint density at radius 2 is 1.94 bits per heavy atom. The van der Waals surface area contributed by atoms with Crippen LogP contribution in [0.15, 0.2) is 24.3 Å². The molecule has 1 rings (SSSR count). The standard InChI is InChI=1S/C12H13O5/c1-3-15-11(13)9-7-5-6-8-10(9)17-12(14)16-4-2/h5-8H,2-4H2,1H3. The molecular formula is C12H13O5. The van der Waals surface area contributed by atoms with E-state index in [1.807, 2.05) is 0 Å². The molecule has 0 amide bonds. The number of rotatable bonds is 4. The smallest absolute Gasteiger partial charge is 0.462 e. The molecule has 0 N–H and O–H groups in total. The van der Waals surface area contributed by atoms with E-state index in [0.717, 1.165) is 0 Å². The molecule has 91 valence electrons. The van der Waals surface area contributed by atoms with Crippen molar-refractivity contribution in [3.05, 3.63) is 36.8 Å². The highest BCUT2D eigenvalue weighted by Gasteiger charge is 2.15. The van der Waals surface area contributed by atoms with Crippen molar-refractivity contribution in [3.8, 4) is 5.75 Å². The SMILES string of the molecule is [CH2]COC(=O)Oc1ccccc1C(=O)OCC. The number of esters is 1. The lowest BCUT2D eigenvalue weighted by atomic mass is 10.2. The van der Waals surface area contributed by atoms with Crippen LogP contribution >= 0.6 is 0 Å². The number of carbonyl (C=O) groups is 2. The molecule has 0 spiro atoms.